The molecule has 80 valence electrons. The Morgan fingerprint density at radius 2 is 2.07 bits per heavy atom. The summed E-state index contributed by atoms with van der Waals surface area (Å²) in [5.74, 6) is 0. The van der Waals surface area contributed by atoms with E-state index in [0.717, 1.165) is 19.6 Å². The van der Waals surface area contributed by atoms with Crippen LogP contribution >= 0.6 is 0 Å². The van der Waals surface area contributed by atoms with Gasteiger partial charge in [0.1, 0.15) is 0 Å². The van der Waals surface area contributed by atoms with Crippen LogP contribution in [0.3, 0.4) is 0 Å². The SMILES string of the molecule is CCN(CCN=[N+]=[N-])Cc1ccccc1. The third-order valence-corrected chi connectivity index (χ3v) is 2.28. The van der Waals surface area contributed by atoms with Gasteiger partial charge in [0.05, 0.1) is 0 Å². The number of hydrogen-bond acceptors (Lipinski definition) is 2. The Kier molecular flexibility index (Phi) is 5.30. The van der Waals surface area contributed by atoms with Gasteiger partial charge in [0.15, 0.2) is 0 Å². The van der Waals surface area contributed by atoms with Crippen LogP contribution in [0.4, 0.5) is 0 Å². The molecule has 0 atom stereocenters. The summed E-state index contributed by atoms with van der Waals surface area (Å²) in [5.41, 5.74) is 9.47. The number of hydrogen-bond donors (Lipinski definition) is 0. The maximum Gasteiger partial charge on any atom is 0.0385 e. The van der Waals surface area contributed by atoms with Crippen LogP contribution in [-0.4, -0.2) is 24.5 Å². The van der Waals surface area contributed by atoms with E-state index in [9.17, 15) is 0 Å². The van der Waals surface area contributed by atoms with Gasteiger partial charge in [-0.3, -0.25) is 4.90 Å². The molecule has 0 amide bonds. The van der Waals surface area contributed by atoms with Crippen molar-refractivity contribution in [2.75, 3.05) is 19.6 Å². The van der Waals surface area contributed by atoms with Gasteiger partial charge in [-0.25, -0.2) is 0 Å². The van der Waals surface area contributed by atoms with E-state index in [0.29, 0.717) is 6.54 Å². The van der Waals surface area contributed by atoms with Gasteiger partial charge in [-0.15, -0.1) is 0 Å². The van der Waals surface area contributed by atoms with Crippen LogP contribution in [0.15, 0.2) is 35.4 Å². The smallest absolute Gasteiger partial charge is 0.0385 e. The van der Waals surface area contributed by atoms with Crippen LogP contribution in [0.1, 0.15) is 12.5 Å². The monoisotopic (exact) mass is 204 g/mol. The number of nitrogens with zero attached hydrogens (tertiary/aromatic N) is 4. The molecule has 0 aromatic heterocycles. The van der Waals surface area contributed by atoms with E-state index < -0.39 is 0 Å². The molecule has 1 rings (SSSR count). The molecule has 0 saturated heterocycles. The molecule has 0 heterocycles. The molecule has 4 nitrogen and oxygen atoms in total. The highest BCUT2D eigenvalue weighted by Gasteiger charge is 2.01. The molecular formula is C11H16N4. The Bertz CT molecular complexity index is 317. The fourth-order valence-corrected chi connectivity index (χ4v) is 1.42. The van der Waals surface area contributed by atoms with Crippen LogP contribution in [-0.2, 0) is 6.54 Å². The Balaban J connectivity index is 2.43. The van der Waals surface area contributed by atoms with Gasteiger partial charge < -0.3 is 0 Å². The fraction of sp³-hybridized carbons (Fsp3) is 0.455. The molecule has 0 spiro atoms. The van der Waals surface area contributed by atoms with Crippen LogP contribution < -0.4 is 0 Å². The van der Waals surface area contributed by atoms with Gasteiger partial charge >= 0.3 is 0 Å². The minimum absolute atomic E-state index is 0.539. The van der Waals surface area contributed by atoms with E-state index in [1.807, 2.05) is 18.2 Å². The first kappa shape index (κ1) is 11.6. The zero-order valence-corrected chi connectivity index (χ0v) is 9.00. The third kappa shape index (κ3) is 4.49. The Morgan fingerprint density at radius 3 is 2.67 bits per heavy atom. The Morgan fingerprint density at radius 1 is 1.33 bits per heavy atom. The van der Waals surface area contributed by atoms with Crippen molar-refractivity contribution in [2.45, 2.75) is 13.5 Å². The molecule has 0 saturated carbocycles. The standard InChI is InChI=1S/C11H16N4/c1-2-15(9-8-13-14-12)10-11-6-4-3-5-7-11/h3-7H,2,8-10H2,1H3. The first-order valence-electron chi connectivity index (χ1n) is 5.14. The number of rotatable bonds is 6. The van der Waals surface area contributed by atoms with Gasteiger partial charge in [0.25, 0.3) is 0 Å². The predicted molar refractivity (Wildman–Crippen MR) is 61.4 cm³/mol. The summed E-state index contributed by atoms with van der Waals surface area (Å²) in [5, 5.41) is 3.54. The van der Waals surface area contributed by atoms with Crippen molar-refractivity contribution in [3.8, 4) is 0 Å². The topological polar surface area (TPSA) is 52.0 Å². The van der Waals surface area contributed by atoms with Crippen molar-refractivity contribution >= 4 is 0 Å². The average molecular weight is 204 g/mol. The van der Waals surface area contributed by atoms with Crippen LogP contribution in [0.2, 0.25) is 0 Å². The molecule has 0 bridgehead atoms. The lowest BCUT2D eigenvalue weighted by atomic mass is 10.2. The van der Waals surface area contributed by atoms with E-state index in [1.165, 1.54) is 5.56 Å². The molecular weight excluding hydrogens is 188 g/mol. The molecule has 0 aliphatic carbocycles. The first-order chi connectivity index (χ1) is 7.36. The van der Waals surface area contributed by atoms with Crippen molar-refractivity contribution in [3.63, 3.8) is 0 Å². The second kappa shape index (κ2) is 6.87. The Labute approximate surface area is 90.1 Å². The normalized spacial score (nSPS) is 10.0. The third-order valence-electron chi connectivity index (χ3n) is 2.28. The summed E-state index contributed by atoms with van der Waals surface area (Å²) < 4.78 is 0. The number of azide groups is 1. The highest BCUT2D eigenvalue weighted by molar-refractivity contribution is 5.14. The van der Waals surface area contributed by atoms with Crippen molar-refractivity contribution < 1.29 is 0 Å². The van der Waals surface area contributed by atoms with Crippen LogP contribution in [0, 0.1) is 0 Å². The number of likely N-dealkylation sites (N-methyl/N-ethyl adjacent to an activating group) is 1. The minimum atomic E-state index is 0.539. The van der Waals surface area contributed by atoms with Gasteiger partial charge in [0.2, 0.25) is 0 Å². The van der Waals surface area contributed by atoms with Crippen molar-refractivity contribution in [1.82, 2.24) is 4.90 Å². The van der Waals surface area contributed by atoms with Crippen molar-refractivity contribution in [2.24, 2.45) is 5.11 Å². The van der Waals surface area contributed by atoms with Crippen molar-refractivity contribution in [3.05, 3.63) is 46.3 Å². The summed E-state index contributed by atoms with van der Waals surface area (Å²) in [7, 11) is 0. The predicted octanol–water partition coefficient (Wildman–Crippen LogP) is 2.82. The van der Waals surface area contributed by atoms with Gasteiger partial charge in [-0.2, -0.15) is 0 Å². The van der Waals surface area contributed by atoms with E-state index in [4.69, 9.17) is 5.53 Å². The molecule has 0 aliphatic heterocycles. The molecule has 1 aromatic carbocycles. The second-order valence-electron chi connectivity index (χ2n) is 3.31. The van der Waals surface area contributed by atoms with E-state index in [1.54, 1.807) is 0 Å². The maximum atomic E-state index is 8.18. The largest absolute Gasteiger partial charge is 0.299 e. The zero-order chi connectivity index (χ0) is 10.9. The van der Waals surface area contributed by atoms with Crippen molar-refractivity contribution in [1.29, 1.82) is 0 Å². The lowest BCUT2D eigenvalue weighted by Crippen LogP contribution is -2.25. The summed E-state index contributed by atoms with van der Waals surface area (Å²) in [6, 6.07) is 10.3. The summed E-state index contributed by atoms with van der Waals surface area (Å²) in [6.07, 6.45) is 0. The van der Waals surface area contributed by atoms with Crippen LogP contribution in [0.5, 0.6) is 0 Å². The molecule has 1 aromatic rings. The maximum absolute atomic E-state index is 8.18. The average Bonchev–Trinajstić information content (AvgIpc) is 2.29. The fourth-order valence-electron chi connectivity index (χ4n) is 1.42. The van der Waals surface area contributed by atoms with Crippen LogP contribution in [0.25, 0.3) is 10.4 Å². The quantitative estimate of drug-likeness (QED) is 0.399. The molecule has 0 aliphatic rings. The van der Waals surface area contributed by atoms with Gasteiger partial charge in [-0.05, 0) is 17.6 Å². The lowest BCUT2D eigenvalue weighted by molar-refractivity contribution is 0.288. The van der Waals surface area contributed by atoms with E-state index >= 15 is 0 Å². The van der Waals surface area contributed by atoms with Gasteiger partial charge in [0, 0.05) is 24.5 Å². The minimum Gasteiger partial charge on any atom is -0.299 e. The highest BCUT2D eigenvalue weighted by atomic mass is 15.2. The second-order valence-corrected chi connectivity index (χ2v) is 3.31. The lowest BCUT2D eigenvalue weighted by Gasteiger charge is -2.19. The molecule has 0 fully saturated rings. The molecule has 0 radical (unpaired) electrons. The van der Waals surface area contributed by atoms with Gasteiger partial charge in [-0.1, -0.05) is 42.4 Å². The number of benzene rings is 1. The molecule has 0 N–H and O–H groups in total. The summed E-state index contributed by atoms with van der Waals surface area (Å²) in [4.78, 5) is 5.00. The highest BCUT2D eigenvalue weighted by Crippen LogP contribution is 2.03. The summed E-state index contributed by atoms with van der Waals surface area (Å²) in [6.45, 7) is 5.35. The zero-order valence-electron chi connectivity index (χ0n) is 9.00. The molecule has 0 unspecified atom stereocenters. The Hall–Kier alpha value is -1.51. The molecule has 15 heavy (non-hydrogen) atoms. The summed E-state index contributed by atoms with van der Waals surface area (Å²) >= 11 is 0. The van der Waals surface area contributed by atoms with E-state index in [2.05, 4.69) is 34.0 Å². The molecule has 4 heteroatoms. The van der Waals surface area contributed by atoms with E-state index in [-0.39, 0.29) is 0 Å². The first-order valence-corrected chi connectivity index (χ1v) is 5.14.